The van der Waals surface area contributed by atoms with Crippen molar-refractivity contribution in [1.82, 2.24) is 0 Å². The Labute approximate surface area is 172 Å². The van der Waals surface area contributed by atoms with Crippen LogP contribution in [0.1, 0.15) is 60.3 Å². The third-order valence-electron chi connectivity index (χ3n) is 6.77. The summed E-state index contributed by atoms with van der Waals surface area (Å²) in [4.78, 5) is 37.7. The smallest absolute Gasteiger partial charge is 0.374 e. The third kappa shape index (κ3) is 3.86. The van der Waals surface area contributed by atoms with Crippen LogP contribution in [0.3, 0.4) is 0 Å². The SMILES string of the molecule is COC1=C(C(C)C)[C@@H]2C/C=C(\C)[C@H]3OC(=O)C[C@@H]3C(=O)[C@H](C)CC[C@@]2(C)OC1=O. The van der Waals surface area contributed by atoms with Crippen LogP contribution in [-0.2, 0) is 28.6 Å². The van der Waals surface area contributed by atoms with Gasteiger partial charge in [-0.05, 0) is 50.2 Å². The van der Waals surface area contributed by atoms with E-state index >= 15 is 0 Å². The number of carbonyl (C=O) groups is 3. The molecule has 3 rings (SSSR count). The third-order valence-corrected chi connectivity index (χ3v) is 6.77. The molecule has 0 unspecified atom stereocenters. The van der Waals surface area contributed by atoms with Crippen molar-refractivity contribution in [3.05, 3.63) is 23.0 Å². The summed E-state index contributed by atoms with van der Waals surface area (Å²) >= 11 is 0. The zero-order chi connectivity index (χ0) is 21.5. The molecular formula is C23H32O6. The van der Waals surface area contributed by atoms with Gasteiger partial charge in [-0.3, -0.25) is 9.59 Å². The maximum atomic E-state index is 13.1. The summed E-state index contributed by atoms with van der Waals surface area (Å²) in [5.74, 6) is -1.04. The topological polar surface area (TPSA) is 78.9 Å². The normalized spacial score (nSPS) is 37.8. The van der Waals surface area contributed by atoms with Crippen LogP contribution >= 0.6 is 0 Å². The van der Waals surface area contributed by atoms with Crippen molar-refractivity contribution < 1.29 is 28.6 Å². The van der Waals surface area contributed by atoms with Crippen molar-refractivity contribution in [3.8, 4) is 0 Å². The van der Waals surface area contributed by atoms with Gasteiger partial charge in [0.15, 0.2) is 0 Å². The molecule has 6 nitrogen and oxygen atoms in total. The number of methoxy groups -OCH3 is 1. The molecule has 2 aliphatic heterocycles. The number of rotatable bonds is 2. The number of fused-ring (bicyclic) bond motifs is 2. The van der Waals surface area contributed by atoms with Crippen molar-refractivity contribution in [2.45, 2.75) is 72.0 Å². The largest absolute Gasteiger partial charge is 0.490 e. The molecule has 29 heavy (non-hydrogen) atoms. The Morgan fingerprint density at radius 2 is 1.93 bits per heavy atom. The van der Waals surface area contributed by atoms with E-state index in [1.165, 1.54) is 7.11 Å². The molecule has 2 heterocycles. The molecule has 0 aromatic rings. The molecule has 5 atom stereocenters. The molecule has 0 bridgehead atoms. The van der Waals surface area contributed by atoms with Gasteiger partial charge in [0.25, 0.3) is 0 Å². The molecule has 0 spiro atoms. The Hall–Kier alpha value is -2.11. The van der Waals surface area contributed by atoms with Gasteiger partial charge in [-0.25, -0.2) is 4.79 Å². The van der Waals surface area contributed by atoms with Gasteiger partial charge in [0.2, 0.25) is 5.76 Å². The minimum absolute atomic E-state index is 0.0509. The van der Waals surface area contributed by atoms with E-state index in [1.807, 2.05) is 26.8 Å². The van der Waals surface area contributed by atoms with E-state index in [0.29, 0.717) is 19.3 Å². The van der Waals surface area contributed by atoms with E-state index in [0.717, 1.165) is 11.1 Å². The van der Waals surface area contributed by atoms with Crippen molar-refractivity contribution in [2.24, 2.45) is 23.7 Å². The molecule has 1 fully saturated rings. The van der Waals surface area contributed by atoms with Crippen molar-refractivity contribution in [2.75, 3.05) is 7.11 Å². The van der Waals surface area contributed by atoms with Gasteiger partial charge < -0.3 is 14.2 Å². The van der Waals surface area contributed by atoms with Gasteiger partial charge in [0.1, 0.15) is 17.5 Å². The van der Waals surface area contributed by atoms with Crippen LogP contribution in [0.4, 0.5) is 0 Å². The first-order valence-corrected chi connectivity index (χ1v) is 10.5. The Morgan fingerprint density at radius 3 is 2.55 bits per heavy atom. The fourth-order valence-electron chi connectivity index (χ4n) is 5.05. The highest BCUT2D eigenvalue weighted by molar-refractivity contribution is 5.90. The first-order valence-electron chi connectivity index (χ1n) is 10.5. The maximum Gasteiger partial charge on any atom is 0.374 e. The lowest BCUT2D eigenvalue weighted by Crippen LogP contribution is -2.47. The van der Waals surface area contributed by atoms with Crippen LogP contribution in [0.5, 0.6) is 0 Å². The number of hydrogen-bond donors (Lipinski definition) is 0. The summed E-state index contributed by atoms with van der Waals surface area (Å²) in [5.41, 5.74) is 1.11. The van der Waals surface area contributed by atoms with Crippen LogP contribution in [-0.4, -0.2) is 36.5 Å². The Morgan fingerprint density at radius 1 is 1.24 bits per heavy atom. The second-order valence-electron chi connectivity index (χ2n) is 9.15. The summed E-state index contributed by atoms with van der Waals surface area (Å²) in [6, 6.07) is 0. The molecule has 1 aliphatic carbocycles. The average Bonchev–Trinajstić information content (AvgIpc) is 3.04. The van der Waals surface area contributed by atoms with Crippen LogP contribution in [0.15, 0.2) is 23.0 Å². The lowest BCUT2D eigenvalue weighted by atomic mass is 9.71. The molecule has 3 aliphatic rings. The first kappa shape index (κ1) is 21.6. The summed E-state index contributed by atoms with van der Waals surface area (Å²) in [6.45, 7) is 9.87. The molecule has 0 aromatic heterocycles. The number of ether oxygens (including phenoxy) is 3. The lowest BCUT2D eigenvalue weighted by molar-refractivity contribution is -0.167. The Kier molecular flexibility index (Phi) is 5.93. The Balaban J connectivity index is 2.08. The zero-order valence-electron chi connectivity index (χ0n) is 18.2. The van der Waals surface area contributed by atoms with E-state index in [4.69, 9.17) is 14.2 Å². The molecule has 1 saturated heterocycles. The summed E-state index contributed by atoms with van der Waals surface area (Å²) < 4.78 is 16.9. The monoisotopic (exact) mass is 404 g/mol. The van der Waals surface area contributed by atoms with Gasteiger partial charge in [-0.2, -0.15) is 0 Å². The van der Waals surface area contributed by atoms with Crippen LogP contribution in [0.2, 0.25) is 0 Å². The van der Waals surface area contributed by atoms with Crippen molar-refractivity contribution in [3.63, 3.8) is 0 Å². The second-order valence-corrected chi connectivity index (χ2v) is 9.15. The summed E-state index contributed by atoms with van der Waals surface area (Å²) in [7, 11) is 1.50. The van der Waals surface area contributed by atoms with E-state index < -0.39 is 23.6 Å². The minimum Gasteiger partial charge on any atom is -0.490 e. The summed E-state index contributed by atoms with van der Waals surface area (Å²) in [6.07, 6.45) is 3.46. The average molecular weight is 405 g/mol. The van der Waals surface area contributed by atoms with Gasteiger partial charge >= 0.3 is 11.9 Å². The lowest BCUT2D eigenvalue weighted by Gasteiger charge is -2.43. The minimum atomic E-state index is -0.722. The molecule has 0 amide bonds. The van der Waals surface area contributed by atoms with Gasteiger partial charge in [0.05, 0.1) is 19.4 Å². The fourth-order valence-corrected chi connectivity index (χ4v) is 5.05. The quantitative estimate of drug-likeness (QED) is 0.515. The number of hydrogen-bond acceptors (Lipinski definition) is 6. The number of ketones is 1. The van der Waals surface area contributed by atoms with E-state index in [2.05, 4.69) is 13.8 Å². The highest BCUT2D eigenvalue weighted by Gasteiger charge is 2.49. The standard InChI is InChI=1S/C23H32O6/c1-12(2)18-16-8-7-14(4)20-15(11-17(24)28-20)19(25)13(3)9-10-23(16,5)29-22(26)21(18)27-6/h7,12-13,15-16,20H,8-11H2,1-6H3/b14-7+/t13-,15-,16+,20-,23-/m1/s1. The van der Waals surface area contributed by atoms with Gasteiger partial charge in [-0.15, -0.1) is 0 Å². The predicted octanol–water partition coefficient (Wildman–Crippen LogP) is 3.74. The van der Waals surface area contributed by atoms with Gasteiger partial charge in [0, 0.05) is 11.8 Å². The predicted molar refractivity (Wildman–Crippen MR) is 107 cm³/mol. The zero-order valence-corrected chi connectivity index (χ0v) is 18.2. The molecule has 0 radical (unpaired) electrons. The molecule has 6 heteroatoms. The number of esters is 2. The van der Waals surface area contributed by atoms with E-state index in [9.17, 15) is 14.4 Å². The van der Waals surface area contributed by atoms with Crippen LogP contribution in [0.25, 0.3) is 0 Å². The molecule has 160 valence electrons. The summed E-state index contributed by atoms with van der Waals surface area (Å²) in [5, 5.41) is 0. The van der Waals surface area contributed by atoms with E-state index in [1.54, 1.807) is 0 Å². The van der Waals surface area contributed by atoms with Crippen LogP contribution < -0.4 is 0 Å². The van der Waals surface area contributed by atoms with Crippen LogP contribution in [0, 0.1) is 23.7 Å². The molecule has 0 N–H and O–H groups in total. The number of carbonyl (C=O) groups excluding carboxylic acids is 3. The molecule has 0 saturated carbocycles. The van der Waals surface area contributed by atoms with E-state index in [-0.39, 0.29) is 41.7 Å². The highest BCUT2D eigenvalue weighted by Crippen LogP contribution is 2.46. The number of Topliss-reactive ketones (excluding diaryl/α,β-unsaturated/α-hetero) is 1. The number of allylic oxidation sites excluding steroid dienone is 1. The first-order chi connectivity index (χ1) is 13.6. The molecular weight excluding hydrogens is 372 g/mol. The van der Waals surface area contributed by atoms with Crippen molar-refractivity contribution in [1.29, 1.82) is 0 Å². The molecule has 0 aromatic carbocycles. The van der Waals surface area contributed by atoms with Crippen molar-refractivity contribution >= 4 is 17.7 Å². The second kappa shape index (κ2) is 7.96. The maximum absolute atomic E-state index is 13.1. The Bertz CT molecular complexity index is 776. The van der Waals surface area contributed by atoms with Gasteiger partial charge in [-0.1, -0.05) is 26.8 Å². The highest BCUT2D eigenvalue weighted by atomic mass is 16.6. The fraction of sp³-hybridized carbons (Fsp3) is 0.696.